The highest BCUT2D eigenvalue weighted by Gasteiger charge is 2.22. The highest BCUT2D eigenvalue weighted by Crippen LogP contribution is 2.28. The van der Waals surface area contributed by atoms with E-state index in [4.69, 9.17) is 5.73 Å². The third kappa shape index (κ3) is 1.83. The number of hydrogen-bond acceptors (Lipinski definition) is 1. The first-order chi connectivity index (χ1) is 7.69. The lowest BCUT2D eigenvalue weighted by molar-refractivity contribution is 0.467. The monoisotopic (exact) mass is 213 g/mol. The second-order valence-electron chi connectivity index (χ2n) is 4.68. The Morgan fingerprint density at radius 1 is 1.06 bits per heavy atom. The lowest BCUT2D eigenvalue weighted by Crippen LogP contribution is -2.30. The molecule has 1 atom stereocenters. The molecule has 0 saturated carbocycles. The van der Waals surface area contributed by atoms with E-state index in [2.05, 4.69) is 56.3 Å². The average Bonchev–Trinajstić information content (AvgIpc) is 2.37. The molecule has 0 saturated heterocycles. The van der Waals surface area contributed by atoms with Crippen LogP contribution in [0, 0.1) is 0 Å². The van der Waals surface area contributed by atoms with Crippen LogP contribution in [0.3, 0.4) is 0 Å². The Kier molecular flexibility index (Phi) is 2.97. The van der Waals surface area contributed by atoms with Gasteiger partial charge in [-0.25, -0.2) is 0 Å². The molecule has 1 nitrogen and oxygen atoms in total. The lowest BCUT2D eigenvalue weighted by Gasteiger charge is -2.27. The van der Waals surface area contributed by atoms with Crippen LogP contribution in [-0.2, 0) is 5.41 Å². The Bertz CT molecular complexity index is 484. The molecule has 84 valence electrons. The molecule has 0 radical (unpaired) electrons. The van der Waals surface area contributed by atoms with Gasteiger partial charge in [-0.3, -0.25) is 0 Å². The standard InChI is InChI=1S/C15H19N/c1-3-15(2,11-16)14-9-8-12-6-4-5-7-13(12)10-14/h4-10H,3,11,16H2,1-2H3. The molecule has 0 aliphatic rings. The fourth-order valence-corrected chi connectivity index (χ4v) is 2.03. The van der Waals surface area contributed by atoms with Gasteiger partial charge in [0.2, 0.25) is 0 Å². The second-order valence-corrected chi connectivity index (χ2v) is 4.68. The van der Waals surface area contributed by atoms with Gasteiger partial charge in [0.25, 0.3) is 0 Å². The van der Waals surface area contributed by atoms with Crippen LogP contribution in [0.4, 0.5) is 0 Å². The van der Waals surface area contributed by atoms with Gasteiger partial charge in [-0.05, 0) is 22.8 Å². The molecular weight excluding hydrogens is 194 g/mol. The molecule has 2 rings (SSSR count). The number of rotatable bonds is 3. The van der Waals surface area contributed by atoms with E-state index in [9.17, 15) is 0 Å². The molecule has 0 heterocycles. The van der Waals surface area contributed by atoms with E-state index in [0.29, 0.717) is 6.54 Å². The van der Waals surface area contributed by atoms with E-state index >= 15 is 0 Å². The molecule has 1 unspecified atom stereocenters. The minimum absolute atomic E-state index is 0.101. The van der Waals surface area contributed by atoms with Gasteiger partial charge in [0.15, 0.2) is 0 Å². The molecule has 1 heteroatoms. The number of nitrogens with two attached hydrogens (primary N) is 1. The summed E-state index contributed by atoms with van der Waals surface area (Å²) in [4.78, 5) is 0. The van der Waals surface area contributed by atoms with Gasteiger partial charge < -0.3 is 5.73 Å². The Morgan fingerprint density at radius 2 is 1.75 bits per heavy atom. The van der Waals surface area contributed by atoms with Gasteiger partial charge in [-0.2, -0.15) is 0 Å². The van der Waals surface area contributed by atoms with E-state index < -0.39 is 0 Å². The van der Waals surface area contributed by atoms with Crippen molar-refractivity contribution < 1.29 is 0 Å². The third-order valence-electron chi connectivity index (χ3n) is 3.68. The highest BCUT2D eigenvalue weighted by molar-refractivity contribution is 5.83. The lowest BCUT2D eigenvalue weighted by atomic mass is 9.79. The van der Waals surface area contributed by atoms with E-state index in [-0.39, 0.29) is 5.41 Å². The van der Waals surface area contributed by atoms with Crippen molar-refractivity contribution in [1.82, 2.24) is 0 Å². The molecule has 0 aliphatic carbocycles. The molecular formula is C15H19N. The summed E-state index contributed by atoms with van der Waals surface area (Å²) < 4.78 is 0. The average molecular weight is 213 g/mol. The van der Waals surface area contributed by atoms with Crippen molar-refractivity contribution in [2.45, 2.75) is 25.7 Å². The predicted molar refractivity (Wildman–Crippen MR) is 70.6 cm³/mol. The van der Waals surface area contributed by atoms with Crippen molar-refractivity contribution in [2.75, 3.05) is 6.54 Å². The zero-order chi connectivity index (χ0) is 11.6. The van der Waals surface area contributed by atoms with Crippen LogP contribution in [0.1, 0.15) is 25.8 Å². The Hall–Kier alpha value is -1.34. The molecule has 16 heavy (non-hydrogen) atoms. The smallest absolute Gasteiger partial charge is 0.00449 e. The summed E-state index contributed by atoms with van der Waals surface area (Å²) in [6.07, 6.45) is 1.07. The van der Waals surface area contributed by atoms with Crippen molar-refractivity contribution in [3.8, 4) is 0 Å². The van der Waals surface area contributed by atoms with Gasteiger partial charge in [-0.1, -0.05) is 56.3 Å². The van der Waals surface area contributed by atoms with Crippen molar-refractivity contribution in [1.29, 1.82) is 0 Å². The quantitative estimate of drug-likeness (QED) is 0.830. The van der Waals surface area contributed by atoms with Crippen LogP contribution in [0.5, 0.6) is 0 Å². The molecule has 0 amide bonds. The zero-order valence-corrected chi connectivity index (χ0v) is 10.0. The minimum Gasteiger partial charge on any atom is -0.330 e. The fraction of sp³-hybridized carbons (Fsp3) is 0.333. The summed E-state index contributed by atoms with van der Waals surface area (Å²) in [5, 5.41) is 2.59. The predicted octanol–water partition coefficient (Wildman–Crippen LogP) is 3.47. The largest absolute Gasteiger partial charge is 0.330 e. The van der Waals surface area contributed by atoms with Crippen LogP contribution < -0.4 is 5.73 Å². The molecule has 0 bridgehead atoms. The summed E-state index contributed by atoms with van der Waals surface area (Å²) in [7, 11) is 0. The second kappa shape index (κ2) is 4.26. The minimum atomic E-state index is 0.101. The molecule has 2 N–H and O–H groups in total. The molecule has 2 aromatic rings. The van der Waals surface area contributed by atoms with Gasteiger partial charge >= 0.3 is 0 Å². The normalized spacial score (nSPS) is 14.9. The summed E-state index contributed by atoms with van der Waals surface area (Å²) in [6, 6.07) is 15.1. The van der Waals surface area contributed by atoms with Gasteiger partial charge in [0.05, 0.1) is 0 Å². The maximum Gasteiger partial charge on any atom is 0.00449 e. The van der Waals surface area contributed by atoms with Crippen molar-refractivity contribution in [3.63, 3.8) is 0 Å². The summed E-state index contributed by atoms with van der Waals surface area (Å²) in [5.74, 6) is 0. The van der Waals surface area contributed by atoms with Crippen molar-refractivity contribution >= 4 is 10.8 Å². The summed E-state index contributed by atoms with van der Waals surface area (Å²) >= 11 is 0. The molecule has 0 fully saturated rings. The topological polar surface area (TPSA) is 26.0 Å². The van der Waals surface area contributed by atoms with Crippen molar-refractivity contribution in [2.24, 2.45) is 5.73 Å². The highest BCUT2D eigenvalue weighted by atomic mass is 14.6. The van der Waals surface area contributed by atoms with Crippen LogP contribution >= 0.6 is 0 Å². The first kappa shape index (κ1) is 11.2. The molecule has 2 aromatic carbocycles. The SMILES string of the molecule is CCC(C)(CN)c1ccc2ccccc2c1. The molecule has 0 aromatic heterocycles. The van der Waals surface area contributed by atoms with Crippen LogP contribution in [0.15, 0.2) is 42.5 Å². The maximum absolute atomic E-state index is 5.89. The molecule has 0 aliphatic heterocycles. The number of benzene rings is 2. The van der Waals surface area contributed by atoms with Crippen molar-refractivity contribution in [3.05, 3.63) is 48.0 Å². The summed E-state index contributed by atoms with van der Waals surface area (Å²) in [6.45, 7) is 5.13. The maximum atomic E-state index is 5.89. The van der Waals surface area contributed by atoms with Crippen LogP contribution in [0.2, 0.25) is 0 Å². The van der Waals surface area contributed by atoms with E-state index in [1.165, 1.54) is 16.3 Å². The van der Waals surface area contributed by atoms with E-state index in [1.807, 2.05) is 0 Å². The third-order valence-corrected chi connectivity index (χ3v) is 3.68. The Labute approximate surface area is 97.3 Å². The molecule has 0 spiro atoms. The zero-order valence-electron chi connectivity index (χ0n) is 10.0. The number of fused-ring (bicyclic) bond motifs is 1. The fourth-order valence-electron chi connectivity index (χ4n) is 2.03. The van der Waals surface area contributed by atoms with Crippen LogP contribution in [-0.4, -0.2) is 6.54 Å². The Morgan fingerprint density at radius 3 is 2.38 bits per heavy atom. The van der Waals surface area contributed by atoms with Crippen LogP contribution in [0.25, 0.3) is 10.8 Å². The Balaban J connectivity index is 2.54. The number of hydrogen-bond donors (Lipinski definition) is 1. The first-order valence-electron chi connectivity index (χ1n) is 5.89. The van der Waals surface area contributed by atoms with E-state index in [1.54, 1.807) is 0 Å². The van der Waals surface area contributed by atoms with Gasteiger partial charge in [-0.15, -0.1) is 0 Å². The summed E-state index contributed by atoms with van der Waals surface area (Å²) in [5.41, 5.74) is 7.34. The van der Waals surface area contributed by atoms with Gasteiger partial charge in [0.1, 0.15) is 0 Å². The van der Waals surface area contributed by atoms with E-state index in [0.717, 1.165) is 6.42 Å². The first-order valence-corrected chi connectivity index (χ1v) is 5.89. The van der Waals surface area contributed by atoms with Gasteiger partial charge in [0, 0.05) is 12.0 Å².